The number of aliphatic hydroxyl groups is 1. The molecule has 0 saturated carbocycles. The number of methoxy groups -OCH3 is 1. The lowest BCUT2D eigenvalue weighted by Crippen LogP contribution is -2.36. The van der Waals surface area contributed by atoms with E-state index in [-0.39, 0.29) is 34.6 Å². The smallest absolute Gasteiger partial charge is 0.295 e. The number of aliphatic hydroxyl groups excluding tert-OH is 1. The van der Waals surface area contributed by atoms with Crippen LogP contribution in [0.5, 0.6) is 5.75 Å². The Balaban J connectivity index is 1.84. The van der Waals surface area contributed by atoms with Crippen molar-refractivity contribution in [1.82, 2.24) is 4.90 Å². The molecule has 2 aliphatic heterocycles. The molecule has 0 bridgehead atoms. The van der Waals surface area contributed by atoms with Crippen LogP contribution in [0.3, 0.4) is 0 Å². The molecule has 2 atom stereocenters. The summed E-state index contributed by atoms with van der Waals surface area (Å²) in [6, 6.07) is 7.31. The van der Waals surface area contributed by atoms with E-state index in [1.165, 1.54) is 18.1 Å². The number of nitrogens with zero attached hydrogens (tertiary/aromatic N) is 1. The van der Waals surface area contributed by atoms with Gasteiger partial charge >= 0.3 is 0 Å². The molecule has 1 amide bonds. The quantitative estimate of drug-likeness (QED) is 0.439. The second-order valence-electron chi connectivity index (χ2n) is 7.38. The minimum atomic E-state index is -0.870. The van der Waals surface area contributed by atoms with Crippen LogP contribution in [0.1, 0.15) is 36.0 Å². The third kappa shape index (κ3) is 3.59. The number of rotatable bonds is 5. The topological polar surface area (TPSA) is 89.2 Å². The van der Waals surface area contributed by atoms with Crippen LogP contribution in [0.2, 0.25) is 5.02 Å². The maximum atomic E-state index is 13.0. The van der Waals surface area contributed by atoms with Crippen molar-refractivity contribution in [3.05, 3.63) is 58.0 Å². The normalized spacial score (nSPS) is 23.4. The molecule has 158 valence electrons. The lowest BCUT2D eigenvalue weighted by molar-refractivity contribution is -0.141. The number of aryl methyl sites for hydroxylation is 1. The van der Waals surface area contributed by atoms with Crippen LogP contribution < -0.4 is 4.74 Å². The predicted molar refractivity (Wildman–Crippen MR) is 109 cm³/mol. The van der Waals surface area contributed by atoms with Crippen molar-refractivity contribution in [3.8, 4) is 5.75 Å². The summed E-state index contributed by atoms with van der Waals surface area (Å²) in [5.41, 5.74) is 0.141. The SMILES string of the molecule is COc1ccc(Cl)c(/C(O)=C2\C(=O)C(=O)N(CC3CCCO3)C2c2ccc(C)o2)c1. The van der Waals surface area contributed by atoms with E-state index < -0.39 is 17.7 Å². The molecular formula is C22H22ClNO6. The van der Waals surface area contributed by atoms with Gasteiger partial charge in [-0.3, -0.25) is 9.59 Å². The van der Waals surface area contributed by atoms with Crippen molar-refractivity contribution < 1.29 is 28.6 Å². The molecule has 4 rings (SSSR count). The number of furan rings is 1. The molecule has 2 unspecified atom stereocenters. The van der Waals surface area contributed by atoms with Gasteiger partial charge in [0, 0.05) is 18.7 Å². The molecule has 1 aromatic heterocycles. The Hall–Kier alpha value is -2.77. The van der Waals surface area contributed by atoms with Crippen molar-refractivity contribution >= 4 is 29.1 Å². The highest BCUT2D eigenvalue weighted by Crippen LogP contribution is 2.42. The largest absolute Gasteiger partial charge is 0.507 e. The standard InChI is InChI=1S/C22H22ClNO6/c1-12-5-8-17(30-12)19-18(20(25)15-10-13(28-2)6-7-16(15)23)21(26)22(27)24(19)11-14-4-3-9-29-14/h5-8,10,14,19,25H,3-4,9,11H2,1-2H3/b20-18+. The molecule has 7 nitrogen and oxygen atoms in total. The van der Waals surface area contributed by atoms with Gasteiger partial charge in [-0.1, -0.05) is 11.6 Å². The Morgan fingerprint density at radius 1 is 1.30 bits per heavy atom. The first kappa shape index (κ1) is 20.5. The third-order valence-electron chi connectivity index (χ3n) is 5.42. The molecule has 2 aromatic rings. The highest BCUT2D eigenvalue weighted by molar-refractivity contribution is 6.47. The Kier molecular flexibility index (Phi) is 5.58. The third-order valence-corrected chi connectivity index (χ3v) is 5.75. The summed E-state index contributed by atoms with van der Waals surface area (Å²) in [5.74, 6) is -0.378. The van der Waals surface area contributed by atoms with Crippen LogP contribution >= 0.6 is 11.6 Å². The van der Waals surface area contributed by atoms with Crippen molar-refractivity contribution in [3.63, 3.8) is 0 Å². The lowest BCUT2D eigenvalue weighted by Gasteiger charge is -2.25. The Bertz CT molecular complexity index is 1020. The number of hydrogen-bond donors (Lipinski definition) is 1. The molecule has 2 fully saturated rings. The van der Waals surface area contributed by atoms with Crippen LogP contribution in [0, 0.1) is 6.92 Å². The average Bonchev–Trinajstić information content (AvgIpc) is 3.45. The lowest BCUT2D eigenvalue weighted by atomic mass is 9.99. The van der Waals surface area contributed by atoms with Crippen LogP contribution in [-0.2, 0) is 14.3 Å². The number of ketones is 1. The number of amides is 1. The fourth-order valence-electron chi connectivity index (χ4n) is 3.93. The number of halogens is 1. The van der Waals surface area contributed by atoms with Gasteiger partial charge in [-0.15, -0.1) is 0 Å². The fourth-order valence-corrected chi connectivity index (χ4v) is 4.14. The summed E-state index contributed by atoms with van der Waals surface area (Å²) < 4.78 is 16.6. The summed E-state index contributed by atoms with van der Waals surface area (Å²) in [5, 5.41) is 11.3. The van der Waals surface area contributed by atoms with Gasteiger partial charge in [-0.05, 0) is 50.1 Å². The maximum Gasteiger partial charge on any atom is 0.295 e. The summed E-state index contributed by atoms with van der Waals surface area (Å²) in [6.07, 6.45) is 1.54. The minimum Gasteiger partial charge on any atom is -0.507 e. The Labute approximate surface area is 178 Å². The van der Waals surface area contributed by atoms with E-state index in [4.69, 9.17) is 25.5 Å². The average molecular weight is 432 g/mol. The van der Waals surface area contributed by atoms with E-state index in [1.807, 2.05) is 0 Å². The van der Waals surface area contributed by atoms with E-state index in [9.17, 15) is 14.7 Å². The molecule has 30 heavy (non-hydrogen) atoms. The zero-order valence-electron chi connectivity index (χ0n) is 16.7. The highest BCUT2D eigenvalue weighted by Gasteiger charge is 2.48. The molecule has 3 heterocycles. The molecule has 8 heteroatoms. The maximum absolute atomic E-state index is 13.0. The zero-order chi connectivity index (χ0) is 21.4. The summed E-state index contributed by atoms with van der Waals surface area (Å²) in [7, 11) is 1.49. The molecular weight excluding hydrogens is 410 g/mol. The van der Waals surface area contributed by atoms with Gasteiger partial charge in [-0.25, -0.2) is 0 Å². The second-order valence-corrected chi connectivity index (χ2v) is 7.79. The van der Waals surface area contributed by atoms with Crippen molar-refractivity contribution in [2.45, 2.75) is 31.9 Å². The number of hydrogen-bond acceptors (Lipinski definition) is 6. The summed E-state index contributed by atoms with van der Waals surface area (Å²) >= 11 is 6.28. The van der Waals surface area contributed by atoms with E-state index in [0.717, 1.165) is 12.8 Å². The Morgan fingerprint density at radius 2 is 2.10 bits per heavy atom. The van der Waals surface area contributed by atoms with E-state index >= 15 is 0 Å². The van der Waals surface area contributed by atoms with Gasteiger partial charge in [0.2, 0.25) is 0 Å². The number of benzene rings is 1. The van der Waals surface area contributed by atoms with Crippen LogP contribution in [-0.4, -0.2) is 48.1 Å². The minimum absolute atomic E-state index is 0.0671. The first-order valence-electron chi connectivity index (χ1n) is 9.71. The van der Waals surface area contributed by atoms with E-state index in [0.29, 0.717) is 23.9 Å². The molecule has 2 aliphatic rings. The molecule has 0 radical (unpaired) electrons. The molecule has 2 saturated heterocycles. The Morgan fingerprint density at radius 3 is 2.73 bits per heavy atom. The van der Waals surface area contributed by atoms with E-state index in [1.54, 1.807) is 31.2 Å². The zero-order valence-corrected chi connectivity index (χ0v) is 17.4. The number of carbonyl (C=O) groups is 2. The first-order valence-corrected chi connectivity index (χ1v) is 10.1. The number of Topliss-reactive ketones (excluding diaryl/α,β-unsaturated/α-hetero) is 1. The monoisotopic (exact) mass is 431 g/mol. The molecule has 0 aliphatic carbocycles. The van der Waals surface area contributed by atoms with Crippen LogP contribution in [0.15, 0.2) is 40.3 Å². The van der Waals surface area contributed by atoms with Gasteiger partial charge in [0.25, 0.3) is 11.7 Å². The molecule has 1 aromatic carbocycles. The van der Waals surface area contributed by atoms with Crippen molar-refractivity contribution in [1.29, 1.82) is 0 Å². The molecule has 0 spiro atoms. The van der Waals surface area contributed by atoms with Crippen molar-refractivity contribution in [2.75, 3.05) is 20.3 Å². The molecule has 1 N–H and O–H groups in total. The van der Waals surface area contributed by atoms with E-state index in [2.05, 4.69) is 0 Å². The number of carbonyl (C=O) groups excluding carboxylic acids is 2. The van der Waals surface area contributed by atoms with Crippen molar-refractivity contribution in [2.24, 2.45) is 0 Å². The van der Waals surface area contributed by atoms with Gasteiger partial charge < -0.3 is 23.9 Å². The number of ether oxygens (including phenoxy) is 2. The predicted octanol–water partition coefficient (Wildman–Crippen LogP) is 3.85. The van der Waals surface area contributed by atoms with Gasteiger partial charge in [-0.2, -0.15) is 0 Å². The summed E-state index contributed by atoms with van der Waals surface area (Å²) in [4.78, 5) is 27.3. The fraction of sp³-hybridized carbons (Fsp3) is 0.364. The van der Waals surface area contributed by atoms with Crippen LogP contribution in [0.25, 0.3) is 5.76 Å². The van der Waals surface area contributed by atoms with Crippen LogP contribution in [0.4, 0.5) is 0 Å². The highest BCUT2D eigenvalue weighted by atomic mass is 35.5. The first-order chi connectivity index (χ1) is 14.4. The number of likely N-dealkylation sites (tertiary alicyclic amines) is 1. The van der Waals surface area contributed by atoms with Gasteiger partial charge in [0.05, 0.1) is 23.8 Å². The second kappa shape index (κ2) is 8.16. The van der Waals surface area contributed by atoms with Gasteiger partial charge in [0.15, 0.2) is 0 Å². The van der Waals surface area contributed by atoms with Gasteiger partial charge in [0.1, 0.15) is 29.1 Å². The summed E-state index contributed by atoms with van der Waals surface area (Å²) in [6.45, 7) is 2.63.